The van der Waals surface area contributed by atoms with Gasteiger partial charge in [-0.05, 0) is 25.5 Å². The Morgan fingerprint density at radius 1 is 1.38 bits per heavy atom. The van der Waals surface area contributed by atoms with Gasteiger partial charge in [0.25, 0.3) is 0 Å². The molecule has 0 radical (unpaired) electrons. The molecule has 0 aliphatic carbocycles. The first-order chi connectivity index (χ1) is 9.89. The maximum Gasteiger partial charge on any atom is 0.225 e. The van der Waals surface area contributed by atoms with Crippen molar-refractivity contribution in [2.75, 3.05) is 20.7 Å². The molecule has 1 amide bonds. The van der Waals surface area contributed by atoms with Crippen LogP contribution in [0.3, 0.4) is 0 Å². The lowest BCUT2D eigenvalue weighted by atomic mass is 10.0. The highest BCUT2D eigenvalue weighted by molar-refractivity contribution is 5.77. The molecule has 0 atom stereocenters. The summed E-state index contributed by atoms with van der Waals surface area (Å²) in [6, 6.07) is 7.79. The van der Waals surface area contributed by atoms with Gasteiger partial charge >= 0.3 is 0 Å². The summed E-state index contributed by atoms with van der Waals surface area (Å²) in [4.78, 5) is 13.9. The Labute approximate surface area is 127 Å². The van der Waals surface area contributed by atoms with Crippen molar-refractivity contribution in [1.29, 1.82) is 0 Å². The van der Waals surface area contributed by atoms with Gasteiger partial charge in [-0.1, -0.05) is 30.0 Å². The molecule has 1 aromatic carbocycles. The Hall–Kier alpha value is -1.83. The van der Waals surface area contributed by atoms with Crippen LogP contribution in [0.25, 0.3) is 0 Å². The fraction of sp³-hybridized carbons (Fsp3) is 0.471. The van der Waals surface area contributed by atoms with Crippen LogP contribution in [-0.2, 0) is 16.1 Å². The number of carbonyl (C=O) groups excluding carboxylic acids is 1. The Morgan fingerprint density at radius 3 is 2.67 bits per heavy atom. The number of nitrogens with zero attached hydrogens (tertiary/aromatic N) is 1. The second-order valence-electron chi connectivity index (χ2n) is 5.55. The monoisotopic (exact) mass is 288 g/mol. The van der Waals surface area contributed by atoms with E-state index in [4.69, 9.17) is 10.5 Å². The molecule has 0 spiro atoms. The number of rotatable bonds is 5. The molecular weight excluding hydrogens is 264 g/mol. The van der Waals surface area contributed by atoms with E-state index in [1.807, 2.05) is 38.1 Å². The second kappa shape index (κ2) is 7.82. The van der Waals surface area contributed by atoms with Crippen LogP contribution in [-0.4, -0.2) is 37.1 Å². The Bertz CT molecular complexity index is 541. The average molecular weight is 288 g/mol. The minimum Gasteiger partial charge on any atom is -0.378 e. The summed E-state index contributed by atoms with van der Waals surface area (Å²) < 4.78 is 5.30. The maximum absolute atomic E-state index is 12.2. The average Bonchev–Trinajstić information content (AvgIpc) is 2.45. The molecule has 114 valence electrons. The Balaban J connectivity index is 2.79. The molecule has 1 rings (SSSR count). The van der Waals surface area contributed by atoms with Crippen molar-refractivity contribution in [3.8, 4) is 11.8 Å². The van der Waals surface area contributed by atoms with E-state index in [1.54, 1.807) is 19.1 Å². The standard InChI is InChI=1S/C17H24N2O2/c1-17(2,21-4)12-16(20)19(3)13-15-9-6-5-8-14(15)10-7-11-18/h5-6,8-9H,11-13,18H2,1-4H3. The quantitative estimate of drug-likeness (QED) is 0.840. The zero-order valence-electron chi connectivity index (χ0n) is 13.3. The summed E-state index contributed by atoms with van der Waals surface area (Å²) in [5.74, 6) is 5.93. The molecule has 0 unspecified atom stereocenters. The van der Waals surface area contributed by atoms with Crippen LogP contribution in [0.1, 0.15) is 31.4 Å². The van der Waals surface area contributed by atoms with Gasteiger partial charge in [0.1, 0.15) is 0 Å². The highest BCUT2D eigenvalue weighted by Gasteiger charge is 2.23. The van der Waals surface area contributed by atoms with Crippen molar-refractivity contribution < 1.29 is 9.53 Å². The fourth-order valence-corrected chi connectivity index (χ4v) is 1.84. The molecule has 0 fully saturated rings. The minimum atomic E-state index is -0.454. The van der Waals surface area contributed by atoms with Gasteiger partial charge in [-0.25, -0.2) is 0 Å². The SMILES string of the molecule is COC(C)(C)CC(=O)N(C)Cc1ccccc1C#CCN. The summed E-state index contributed by atoms with van der Waals surface area (Å²) in [6.07, 6.45) is 0.344. The van der Waals surface area contributed by atoms with Crippen LogP contribution in [0.2, 0.25) is 0 Å². The van der Waals surface area contributed by atoms with Crippen LogP contribution in [0.5, 0.6) is 0 Å². The molecule has 21 heavy (non-hydrogen) atoms. The van der Waals surface area contributed by atoms with Gasteiger partial charge in [-0.2, -0.15) is 0 Å². The van der Waals surface area contributed by atoms with Gasteiger partial charge in [0, 0.05) is 26.3 Å². The summed E-state index contributed by atoms with van der Waals surface area (Å²) in [7, 11) is 3.41. The van der Waals surface area contributed by atoms with Gasteiger partial charge in [-0.3, -0.25) is 4.79 Å². The fourth-order valence-electron chi connectivity index (χ4n) is 1.84. The number of benzene rings is 1. The van der Waals surface area contributed by atoms with E-state index in [-0.39, 0.29) is 5.91 Å². The van der Waals surface area contributed by atoms with E-state index >= 15 is 0 Å². The molecular formula is C17H24N2O2. The number of nitrogens with two attached hydrogens (primary N) is 1. The third kappa shape index (κ3) is 5.58. The largest absolute Gasteiger partial charge is 0.378 e. The first-order valence-electron chi connectivity index (χ1n) is 6.95. The van der Waals surface area contributed by atoms with Crippen molar-refractivity contribution >= 4 is 5.91 Å². The molecule has 1 aromatic rings. The van der Waals surface area contributed by atoms with Crippen LogP contribution in [0.15, 0.2) is 24.3 Å². The minimum absolute atomic E-state index is 0.0448. The van der Waals surface area contributed by atoms with E-state index in [0.717, 1.165) is 11.1 Å². The van der Waals surface area contributed by atoms with Gasteiger partial charge < -0.3 is 15.4 Å². The third-order valence-corrected chi connectivity index (χ3v) is 3.31. The van der Waals surface area contributed by atoms with E-state index < -0.39 is 5.60 Å². The van der Waals surface area contributed by atoms with Gasteiger partial charge in [0.05, 0.1) is 18.6 Å². The third-order valence-electron chi connectivity index (χ3n) is 3.31. The molecule has 0 saturated carbocycles. The summed E-state index contributed by atoms with van der Waals surface area (Å²) in [5, 5.41) is 0. The maximum atomic E-state index is 12.2. The highest BCUT2D eigenvalue weighted by Crippen LogP contribution is 2.16. The summed E-state index contributed by atoms with van der Waals surface area (Å²) in [5.41, 5.74) is 6.88. The van der Waals surface area contributed by atoms with Crippen LogP contribution in [0, 0.1) is 11.8 Å². The lowest BCUT2D eigenvalue weighted by Crippen LogP contribution is -2.34. The van der Waals surface area contributed by atoms with E-state index in [9.17, 15) is 4.79 Å². The molecule has 4 nitrogen and oxygen atoms in total. The molecule has 0 aliphatic rings. The van der Waals surface area contributed by atoms with Gasteiger partial charge in [0.15, 0.2) is 0 Å². The molecule has 4 heteroatoms. The smallest absolute Gasteiger partial charge is 0.225 e. The van der Waals surface area contributed by atoms with E-state index in [2.05, 4.69) is 11.8 Å². The number of methoxy groups -OCH3 is 1. The zero-order valence-corrected chi connectivity index (χ0v) is 13.3. The number of carbonyl (C=O) groups is 1. The summed E-state index contributed by atoms with van der Waals surface area (Å²) in [6.45, 7) is 4.65. The predicted octanol–water partition coefficient (Wildman–Crippen LogP) is 1.77. The van der Waals surface area contributed by atoms with E-state index in [1.165, 1.54) is 0 Å². The Kier molecular flexibility index (Phi) is 6.41. The first-order valence-corrected chi connectivity index (χ1v) is 6.95. The van der Waals surface area contributed by atoms with Gasteiger partial charge in [-0.15, -0.1) is 0 Å². The predicted molar refractivity (Wildman–Crippen MR) is 84.6 cm³/mol. The molecule has 0 aliphatic heterocycles. The van der Waals surface area contributed by atoms with Crippen molar-refractivity contribution in [3.05, 3.63) is 35.4 Å². The normalized spacial score (nSPS) is 10.7. The van der Waals surface area contributed by atoms with Crippen molar-refractivity contribution in [3.63, 3.8) is 0 Å². The molecule has 2 N–H and O–H groups in total. The van der Waals surface area contributed by atoms with Crippen molar-refractivity contribution in [1.82, 2.24) is 4.90 Å². The summed E-state index contributed by atoms with van der Waals surface area (Å²) >= 11 is 0. The lowest BCUT2D eigenvalue weighted by molar-refractivity contribution is -0.135. The highest BCUT2D eigenvalue weighted by atomic mass is 16.5. The van der Waals surface area contributed by atoms with Gasteiger partial charge in [0.2, 0.25) is 5.91 Å². The second-order valence-corrected chi connectivity index (χ2v) is 5.55. The molecule has 0 bridgehead atoms. The molecule has 0 aromatic heterocycles. The van der Waals surface area contributed by atoms with Crippen molar-refractivity contribution in [2.24, 2.45) is 5.73 Å². The number of hydrogen-bond acceptors (Lipinski definition) is 3. The van der Waals surface area contributed by atoms with Crippen LogP contribution < -0.4 is 5.73 Å². The molecule has 0 heterocycles. The number of amides is 1. The topological polar surface area (TPSA) is 55.6 Å². The van der Waals surface area contributed by atoms with Crippen LogP contribution in [0.4, 0.5) is 0 Å². The number of ether oxygens (including phenoxy) is 1. The zero-order chi connectivity index (χ0) is 15.9. The first kappa shape index (κ1) is 17.2. The number of hydrogen-bond donors (Lipinski definition) is 1. The molecule has 0 saturated heterocycles. The van der Waals surface area contributed by atoms with Crippen LogP contribution >= 0.6 is 0 Å². The lowest BCUT2D eigenvalue weighted by Gasteiger charge is -2.26. The van der Waals surface area contributed by atoms with Crippen molar-refractivity contribution in [2.45, 2.75) is 32.4 Å². The Morgan fingerprint density at radius 2 is 2.05 bits per heavy atom. The van der Waals surface area contributed by atoms with E-state index in [0.29, 0.717) is 19.5 Å².